The van der Waals surface area contributed by atoms with E-state index in [2.05, 4.69) is 59.4 Å². The minimum Gasteiger partial charge on any atom is -0.344 e. The molecular weight excluding hydrogens is 390 g/mol. The fourth-order valence-corrected chi connectivity index (χ4v) is 6.29. The summed E-state index contributed by atoms with van der Waals surface area (Å²) in [6, 6.07) is 12.7. The molecule has 5 rings (SSSR count). The molecule has 1 amide bonds. The molecule has 2 aliphatic rings. The molecule has 2 aliphatic carbocycles. The second-order valence-electron chi connectivity index (χ2n) is 9.08. The van der Waals surface area contributed by atoms with E-state index in [4.69, 9.17) is 4.98 Å². The van der Waals surface area contributed by atoms with Crippen molar-refractivity contribution in [2.24, 2.45) is 17.8 Å². The van der Waals surface area contributed by atoms with Crippen LogP contribution in [0.1, 0.15) is 49.1 Å². The van der Waals surface area contributed by atoms with Gasteiger partial charge in [0.2, 0.25) is 5.91 Å². The summed E-state index contributed by atoms with van der Waals surface area (Å²) in [5.74, 6) is 2.37. The van der Waals surface area contributed by atoms with Crippen molar-refractivity contribution in [1.82, 2.24) is 9.55 Å². The molecule has 1 N–H and O–H groups in total. The monoisotopic (exact) mass is 419 g/mol. The number of nitrogens with zero attached hydrogens (tertiary/aromatic N) is 2. The largest absolute Gasteiger partial charge is 0.344 e. The van der Waals surface area contributed by atoms with Gasteiger partial charge in [0, 0.05) is 35.3 Å². The van der Waals surface area contributed by atoms with Gasteiger partial charge in [-0.1, -0.05) is 36.8 Å². The van der Waals surface area contributed by atoms with Crippen LogP contribution in [0.5, 0.6) is 0 Å². The Morgan fingerprint density at radius 1 is 1.20 bits per heavy atom. The Bertz CT molecular complexity index is 1050. The van der Waals surface area contributed by atoms with Crippen LogP contribution in [-0.4, -0.2) is 15.5 Å². The van der Waals surface area contributed by atoms with Gasteiger partial charge >= 0.3 is 0 Å². The zero-order valence-electron chi connectivity index (χ0n) is 17.7. The average Bonchev–Trinajstić information content (AvgIpc) is 3.51. The highest BCUT2D eigenvalue weighted by Gasteiger charge is 2.40. The molecule has 0 unspecified atom stereocenters. The molecule has 2 fully saturated rings. The number of aryl methyl sites for hydroxylation is 1. The van der Waals surface area contributed by atoms with Crippen molar-refractivity contribution in [2.45, 2.75) is 52.5 Å². The molecule has 3 atom stereocenters. The van der Waals surface area contributed by atoms with Crippen molar-refractivity contribution in [3.63, 3.8) is 0 Å². The number of nitrogens with one attached hydrogen (secondary N) is 1. The molecule has 2 aromatic heterocycles. The molecule has 1 aromatic carbocycles. The summed E-state index contributed by atoms with van der Waals surface area (Å²) in [5, 5.41) is 5.83. The third kappa shape index (κ3) is 3.83. The molecule has 2 heterocycles. The number of hydrogen-bond donors (Lipinski definition) is 1. The third-order valence-corrected chi connectivity index (χ3v) is 7.87. The molecule has 3 aromatic rings. The van der Waals surface area contributed by atoms with E-state index in [1.54, 1.807) is 0 Å². The Hall–Kier alpha value is -2.40. The molecule has 4 nitrogen and oxygen atoms in total. The maximum atomic E-state index is 12.6. The maximum Gasteiger partial charge on any atom is 0.226 e. The standard InChI is InChI=1S/C25H29N3OS/c1-16-10-22(17(2)28(16)14-18-6-4-3-5-7-18)23-15-30-25(26-23)27-24(29)13-21-12-19-8-9-20(21)11-19/h3-7,10,15,19-21H,8-9,11-14H2,1-2H3,(H,26,27,29)/t19-,20+,21-/m0/s1. The van der Waals surface area contributed by atoms with E-state index in [9.17, 15) is 4.79 Å². The van der Waals surface area contributed by atoms with E-state index in [0.717, 1.165) is 29.6 Å². The van der Waals surface area contributed by atoms with Gasteiger partial charge in [-0.25, -0.2) is 4.98 Å². The number of carbonyl (C=O) groups is 1. The van der Waals surface area contributed by atoms with Crippen molar-refractivity contribution >= 4 is 22.4 Å². The van der Waals surface area contributed by atoms with Crippen LogP contribution in [0.3, 0.4) is 0 Å². The first-order chi connectivity index (χ1) is 14.6. The molecule has 0 saturated heterocycles. The van der Waals surface area contributed by atoms with Gasteiger partial charge < -0.3 is 9.88 Å². The highest BCUT2D eigenvalue weighted by Crippen LogP contribution is 2.49. The van der Waals surface area contributed by atoms with Crippen LogP contribution >= 0.6 is 11.3 Å². The predicted octanol–water partition coefficient (Wildman–Crippen LogP) is 6.04. The summed E-state index contributed by atoms with van der Waals surface area (Å²) in [4.78, 5) is 17.3. The van der Waals surface area contributed by atoms with E-state index in [-0.39, 0.29) is 5.91 Å². The van der Waals surface area contributed by atoms with Crippen molar-refractivity contribution in [3.8, 4) is 11.3 Å². The van der Waals surface area contributed by atoms with Crippen LogP contribution in [0.25, 0.3) is 11.3 Å². The van der Waals surface area contributed by atoms with Crippen LogP contribution in [0.15, 0.2) is 41.8 Å². The number of carbonyl (C=O) groups excluding carboxylic acids is 1. The van der Waals surface area contributed by atoms with E-state index >= 15 is 0 Å². The van der Waals surface area contributed by atoms with Crippen molar-refractivity contribution in [1.29, 1.82) is 0 Å². The zero-order valence-corrected chi connectivity index (χ0v) is 18.5. The third-order valence-electron chi connectivity index (χ3n) is 7.12. The molecule has 5 heteroatoms. The molecule has 0 aliphatic heterocycles. The van der Waals surface area contributed by atoms with Gasteiger partial charge in [0.05, 0.1) is 5.69 Å². The van der Waals surface area contributed by atoms with Crippen LogP contribution in [-0.2, 0) is 11.3 Å². The molecule has 2 bridgehead atoms. The topological polar surface area (TPSA) is 46.9 Å². The summed E-state index contributed by atoms with van der Waals surface area (Å²) in [5.41, 5.74) is 5.82. The minimum absolute atomic E-state index is 0.128. The number of thiazole rings is 1. The smallest absolute Gasteiger partial charge is 0.226 e. The Morgan fingerprint density at radius 3 is 2.77 bits per heavy atom. The summed E-state index contributed by atoms with van der Waals surface area (Å²) in [6.45, 7) is 5.15. The second-order valence-corrected chi connectivity index (χ2v) is 9.94. The van der Waals surface area contributed by atoms with Gasteiger partial charge in [-0.3, -0.25) is 4.79 Å². The van der Waals surface area contributed by atoms with E-state index in [1.807, 2.05) is 6.07 Å². The molecule has 156 valence electrons. The Balaban J connectivity index is 1.27. The van der Waals surface area contributed by atoms with Crippen LogP contribution in [0.2, 0.25) is 0 Å². The van der Waals surface area contributed by atoms with E-state index < -0.39 is 0 Å². The molecule has 0 spiro atoms. The van der Waals surface area contributed by atoms with Gasteiger partial charge in [-0.2, -0.15) is 0 Å². The first kappa shape index (κ1) is 19.6. The molecule has 30 heavy (non-hydrogen) atoms. The predicted molar refractivity (Wildman–Crippen MR) is 123 cm³/mol. The SMILES string of the molecule is Cc1cc(-c2csc(NC(=O)C[C@@H]3C[C@H]4CC[C@@H]3C4)n2)c(C)n1Cc1ccccc1. The number of benzene rings is 1. The summed E-state index contributed by atoms with van der Waals surface area (Å²) in [6.07, 6.45) is 5.94. The number of aromatic nitrogens is 2. The number of amides is 1. The van der Waals surface area contributed by atoms with Crippen LogP contribution < -0.4 is 5.32 Å². The fraction of sp³-hybridized carbons (Fsp3) is 0.440. The zero-order chi connectivity index (χ0) is 20.7. The summed E-state index contributed by atoms with van der Waals surface area (Å²) >= 11 is 1.52. The highest BCUT2D eigenvalue weighted by molar-refractivity contribution is 7.14. The van der Waals surface area contributed by atoms with Crippen molar-refractivity contribution in [3.05, 3.63) is 58.7 Å². The van der Waals surface area contributed by atoms with Crippen LogP contribution in [0.4, 0.5) is 5.13 Å². The number of hydrogen-bond acceptors (Lipinski definition) is 3. The minimum atomic E-state index is 0.128. The lowest BCUT2D eigenvalue weighted by molar-refractivity contribution is -0.117. The summed E-state index contributed by atoms with van der Waals surface area (Å²) in [7, 11) is 0. The van der Waals surface area contributed by atoms with E-state index in [1.165, 1.54) is 54.0 Å². The molecular formula is C25H29N3OS. The lowest BCUT2D eigenvalue weighted by Crippen LogP contribution is -2.20. The van der Waals surface area contributed by atoms with Crippen molar-refractivity contribution < 1.29 is 4.79 Å². The molecule has 0 radical (unpaired) electrons. The van der Waals surface area contributed by atoms with Gasteiger partial charge in [0.1, 0.15) is 0 Å². The Kier molecular flexibility index (Phi) is 5.23. The van der Waals surface area contributed by atoms with Gasteiger partial charge in [0.25, 0.3) is 0 Å². The number of fused-ring (bicyclic) bond motifs is 2. The first-order valence-electron chi connectivity index (χ1n) is 11.0. The van der Waals surface area contributed by atoms with Gasteiger partial charge in [-0.15, -0.1) is 11.3 Å². The Labute approximate surface area is 182 Å². The summed E-state index contributed by atoms with van der Waals surface area (Å²) < 4.78 is 2.33. The maximum absolute atomic E-state index is 12.6. The Morgan fingerprint density at radius 2 is 2.03 bits per heavy atom. The second kappa shape index (κ2) is 8.03. The average molecular weight is 420 g/mol. The fourth-order valence-electron chi connectivity index (χ4n) is 5.56. The van der Waals surface area contributed by atoms with Crippen molar-refractivity contribution in [2.75, 3.05) is 5.32 Å². The van der Waals surface area contributed by atoms with Gasteiger partial charge in [0.15, 0.2) is 5.13 Å². The normalized spacial score (nSPS) is 22.5. The van der Waals surface area contributed by atoms with Gasteiger partial charge in [-0.05, 0) is 62.5 Å². The lowest BCUT2D eigenvalue weighted by atomic mass is 9.86. The lowest BCUT2D eigenvalue weighted by Gasteiger charge is -2.20. The molecule has 2 saturated carbocycles. The first-order valence-corrected chi connectivity index (χ1v) is 11.9. The van der Waals surface area contributed by atoms with Crippen LogP contribution in [0, 0.1) is 31.6 Å². The number of anilines is 1. The number of rotatable bonds is 6. The quantitative estimate of drug-likeness (QED) is 0.529. The van der Waals surface area contributed by atoms with E-state index in [0.29, 0.717) is 17.5 Å². The highest BCUT2D eigenvalue weighted by atomic mass is 32.1.